The van der Waals surface area contributed by atoms with Gasteiger partial charge in [-0.2, -0.15) is 4.98 Å². The van der Waals surface area contributed by atoms with E-state index < -0.39 is 11.9 Å². The number of hydrogen-bond donors (Lipinski definition) is 2. The number of fused-ring (bicyclic) bond motifs is 1. The Balaban J connectivity index is 1.35. The van der Waals surface area contributed by atoms with Gasteiger partial charge in [0.05, 0.1) is 0 Å². The van der Waals surface area contributed by atoms with Gasteiger partial charge in [-0.3, -0.25) is 19.7 Å². The Morgan fingerprint density at radius 3 is 2.81 bits per heavy atom. The van der Waals surface area contributed by atoms with Crippen molar-refractivity contribution in [3.8, 4) is 11.4 Å². The summed E-state index contributed by atoms with van der Waals surface area (Å²) < 4.78 is 5.30. The van der Waals surface area contributed by atoms with Crippen LogP contribution >= 0.6 is 11.6 Å². The number of nitrogens with one attached hydrogen (secondary N) is 2. The lowest BCUT2D eigenvalue weighted by Crippen LogP contribution is -2.52. The Labute approximate surface area is 187 Å². The van der Waals surface area contributed by atoms with E-state index in [9.17, 15) is 14.4 Å². The maximum absolute atomic E-state index is 12.8. The van der Waals surface area contributed by atoms with Gasteiger partial charge in [0.1, 0.15) is 6.04 Å². The van der Waals surface area contributed by atoms with E-state index in [1.807, 2.05) is 25.1 Å². The fraction of sp³-hybridized carbons (Fsp3) is 0.227. The van der Waals surface area contributed by atoms with Crippen molar-refractivity contribution in [2.75, 3.05) is 5.32 Å². The molecule has 10 heteroatoms. The lowest BCUT2D eigenvalue weighted by Gasteiger charge is -2.29. The molecule has 2 aliphatic rings. The quantitative estimate of drug-likeness (QED) is 0.585. The van der Waals surface area contributed by atoms with Gasteiger partial charge >= 0.3 is 6.01 Å². The number of aromatic nitrogens is 2. The Bertz CT molecular complexity index is 1270. The Kier molecular flexibility index (Phi) is 4.90. The van der Waals surface area contributed by atoms with E-state index in [0.717, 1.165) is 16.8 Å². The molecule has 0 radical (unpaired) electrons. The van der Waals surface area contributed by atoms with Crippen LogP contribution in [0.15, 0.2) is 40.9 Å². The van der Waals surface area contributed by atoms with E-state index >= 15 is 0 Å². The van der Waals surface area contributed by atoms with Crippen LogP contribution in [0.25, 0.3) is 11.4 Å². The summed E-state index contributed by atoms with van der Waals surface area (Å²) in [5.74, 6) is -0.618. The predicted octanol–water partition coefficient (Wildman–Crippen LogP) is 3.20. The molecule has 2 N–H and O–H groups in total. The van der Waals surface area contributed by atoms with Crippen LogP contribution in [0, 0.1) is 6.92 Å². The number of piperidine rings is 1. The van der Waals surface area contributed by atoms with Crippen LogP contribution in [0.4, 0.5) is 11.7 Å². The molecule has 2 aromatic carbocycles. The minimum Gasteiger partial charge on any atom is -0.322 e. The van der Waals surface area contributed by atoms with Gasteiger partial charge in [0.2, 0.25) is 17.6 Å². The molecule has 9 nitrogen and oxygen atoms in total. The molecular formula is C22H18ClN5O4. The average molecular weight is 452 g/mol. The first-order valence-corrected chi connectivity index (χ1v) is 10.4. The zero-order valence-corrected chi connectivity index (χ0v) is 17.8. The lowest BCUT2D eigenvalue weighted by atomic mass is 10.0. The molecule has 162 valence electrons. The van der Waals surface area contributed by atoms with E-state index in [1.54, 1.807) is 18.2 Å². The van der Waals surface area contributed by atoms with Crippen molar-refractivity contribution in [3.63, 3.8) is 0 Å². The number of halogens is 1. The summed E-state index contributed by atoms with van der Waals surface area (Å²) in [5, 5.41) is 9.96. The number of hydrogen-bond acceptors (Lipinski definition) is 7. The molecule has 1 aromatic heterocycles. The third-order valence-corrected chi connectivity index (χ3v) is 6.04. The SMILES string of the molecule is Cc1ccc(Nc2nc(-c3ccc4c(c3)CN(C3CCC(=O)NC3=O)C4=O)no2)cc1Cl. The van der Waals surface area contributed by atoms with Gasteiger partial charge in [-0.25, -0.2) is 0 Å². The van der Waals surface area contributed by atoms with Crippen molar-refractivity contribution in [1.82, 2.24) is 20.4 Å². The Hall–Kier alpha value is -3.72. The maximum atomic E-state index is 12.8. The topological polar surface area (TPSA) is 117 Å². The molecule has 0 aliphatic carbocycles. The predicted molar refractivity (Wildman–Crippen MR) is 115 cm³/mol. The summed E-state index contributed by atoms with van der Waals surface area (Å²) in [6, 6.07) is 10.3. The van der Waals surface area contributed by atoms with Gasteiger partial charge in [0, 0.05) is 34.8 Å². The summed E-state index contributed by atoms with van der Waals surface area (Å²) in [6.45, 7) is 2.19. The second-order valence-corrected chi connectivity index (χ2v) is 8.19. The molecule has 3 aromatic rings. The van der Waals surface area contributed by atoms with Crippen molar-refractivity contribution in [2.24, 2.45) is 0 Å². The molecule has 5 rings (SSSR count). The number of rotatable bonds is 4. The van der Waals surface area contributed by atoms with Crippen LogP contribution in [0.2, 0.25) is 5.02 Å². The highest BCUT2D eigenvalue weighted by Crippen LogP contribution is 2.31. The number of imide groups is 1. The third-order valence-electron chi connectivity index (χ3n) is 5.63. The normalized spacial score (nSPS) is 18.0. The number of benzene rings is 2. The summed E-state index contributed by atoms with van der Waals surface area (Å²) in [4.78, 5) is 42.3. The summed E-state index contributed by atoms with van der Waals surface area (Å²) >= 11 is 6.15. The van der Waals surface area contributed by atoms with E-state index in [0.29, 0.717) is 28.4 Å². The highest BCUT2D eigenvalue weighted by atomic mass is 35.5. The molecule has 1 atom stereocenters. The van der Waals surface area contributed by atoms with Crippen LogP contribution in [-0.4, -0.2) is 38.8 Å². The molecule has 1 saturated heterocycles. The van der Waals surface area contributed by atoms with Gasteiger partial charge in [-0.15, -0.1) is 0 Å². The second-order valence-electron chi connectivity index (χ2n) is 7.78. The monoisotopic (exact) mass is 451 g/mol. The Morgan fingerprint density at radius 2 is 2.03 bits per heavy atom. The zero-order valence-electron chi connectivity index (χ0n) is 17.0. The van der Waals surface area contributed by atoms with E-state index in [1.165, 1.54) is 4.90 Å². The molecule has 0 saturated carbocycles. The van der Waals surface area contributed by atoms with Gasteiger partial charge in [0.15, 0.2) is 0 Å². The fourth-order valence-corrected chi connectivity index (χ4v) is 4.08. The van der Waals surface area contributed by atoms with Gasteiger partial charge in [0.25, 0.3) is 5.91 Å². The van der Waals surface area contributed by atoms with Crippen LogP contribution in [-0.2, 0) is 16.1 Å². The first-order valence-electron chi connectivity index (χ1n) is 10.0. The number of carbonyl (C=O) groups is 3. The van der Waals surface area contributed by atoms with Crippen molar-refractivity contribution in [3.05, 3.63) is 58.1 Å². The molecule has 2 aliphatic heterocycles. The molecule has 0 bridgehead atoms. The average Bonchev–Trinajstić information content (AvgIpc) is 3.35. The van der Waals surface area contributed by atoms with E-state index in [2.05, 4.69) is 20.8 Å². The number of anilines is 2. The molecule has 0 spiro atoms. The smallest absolute Gasteiger partial charge is 0.322 e. The van der Waals surface area contributed by atoms with Gasteiger partial charge in [-0.05, 0) is 48.7 Å². The largest absolute Gasteiger partial charge is 0.326 e. The molecule has 1 unspecified atom stereocenters. The summed E-state index contributed by atoms with van der Waals surface area (Å²) in [5.41, 5.74) is 3.65. The molecule has 32 heavy (non-hydrogen) atoms. The third kappa shape index (κ3) is 3.60. The first-order chi connectivity index (χ1) is 15.4. The molecule has 3 amide bonds. The van der Waals surface area contributed by atoms with Crippen LogP contribution in [0.1, 0.15) is 34.3 Å². The standard InChI is InChI=1S/C22H18ClN5O4/c1-11-2-4-14(9-16(11)23)24-22-26-19(27-32-22)12-3-5-15-13(8-12)10-28(21(15)31)17-6-7-18(29)25-20(17)30/h2-5,8-9,17H,6-7,10H2,1H3,(H,24,26,27)(H,25,29,30). The maximum Gasteiger partial charge on any atom is 0.326 e. The number of carbonyl (C=O) groups excluding carboxylic acids is 3. The summed E-state index contributed by atoms with van der Waals surface area (Å²) in [6.07, 6.45) is 0.534. The minimum atomic E-state index is -0.654. The minimum absolute atomic E-state index is 0.210. The second kappa shape index (κ2) is 7.76. The van der Waals surface area contributed by atoms with Gasteiger partial charge in [-0.1, -0.05) is 28.9 Å². The van der Waals surface area contributed by atoms with Crippen LogP contribution in [0.3, 0.4) is 0 Å². The Morgan fingerprint density at radius 1 is 1.19 bits per heavy atom. The fourth-order valence-electron chi connectivity index (χ4n) is 3.90. The highest BCUT2D eigenvalue weighted by molar-refractivity contribution is 6.31. The van der Waals surface area contributed by atoms with Crippen LogP contribution in [0.5, 0.6) is 0 Å². The van der Waals surface area contributed by atoms with Crippen molar-refractivity contribution >= 4 is 41.0 Å². The molecular weight excluding hydrogens is 434 g/mol. The number of aryl methyl sites for hydroxylation is 1. The highest BCUT2D eigenvalue weighted by Gasteiger charge is 2.39. The van der Waals surface area contributed by atoms with Crippen LogP contribution < -0.4 is 10.6 Å². The van der Waals surface area contributed by atoms with E-state index in [-0.39, 0.29) is 30.8 Å². The first kappa shape index (κ1) is 20.2. The lowest BCUT2D eigenvalue weighted by molar-refractivity contribution is -0.136. The van der Waals surface area contributed by atoms with E-state index in [4.69, 9.17) is 16.1 Å². The number of amides is 3. The van der Waals surface area contributed by atoms with Crippen molar-refractivity contribution in [1.29, 1.82) is 0 Å². The van der Waals surface area contributed by atoms with Crippen molar-refractivity contribution in [2.45, 2.75) is 32.4 Å². The van der Waals surface area contributed by atoms with Crippen molar-refractivity contribution < 1.29 is 18.9 Å². The number of nitrogens with zero attached hydrogens (tertiary/aromatic N) is 3. The summed E-state index contributed by atoms with van der Waals surface area (Å²) in [7, 11) is 0. The van der Waals surface area contributed by atoms with Gasteiger partial charge < -0.3 is 14.7 Å². The molecule has 3 heterocycles. The molecule has 1 fully saturated rings. The zero-order chi connectivity index (χ0) is 22.4.